The van der Waals surface area contributed by atoms with Gasteiger partial charge in [-0.25, -0.2) is 4.79 Å². The van der Waals surface area contributed by atoms with Crippen LogP contribution in [0.1, 0.15) is 41.1 Å². The van der Waals surface area contributed by atoms with E-state index in [4.69, 9.17) is 9.15 Å². The Morgan fingerprint density at radius 3 is 2.85 bits per heavy atom. The summed E-state index contributed by atoms with van der Waals surface area (Å²) in [6.45, 7) is 5.82. The first kappa shape index (κ1) is 17.8. The second kappa shape index (κ2) is 7.20. The lowest BCUT2D eigenvalue weighted by Crippen LogP contribution is -2.23. The monoisotopic (exact) mass is 363 g/mol. The largest absolute Gasteiger partial charge is 0.497 e. The van der Waals surface area contributed by atoms with Crippen molar-refractivity contribution < 1.29 is 9.15 Å². The fourth-order valence-electron chi connectivity index (χ4n) is 4.12. The van der Waals surface area contributed by atoms with Gasteiger partial charge in [0, 0.05) is 24.0 Å². The highest BCUT2D eigenvalue weighted by molar-refractivity contribution is 5.83. The van der Waals surface area contributed by atoms with Gasteiger partial charge in [-0.1, -0.05) is 24.3 Å². The molecule has 1 saturated heterocycles. The summed E-state index contributed by atoms with van der Waals surface area (Å²) in [5, 5.41) is 1.04. The minimum Gasteiger partial charge on any atom is -0.497 e. The number of methoxy groups -OCH3 is 1. The van der Waals surface area contributed by atoms with Crippen molar-refractivity contribution in [2.75, 3.05) is 13.7 Å². The Hall–Kier alpha value is -2.59. The van der Waals surface area contributed by atoms with E-state index in [9.17, 15) is 4.79 Å². The van der Waals surface area contributed by atoms with E-state index in [0.29, 0.717) is 6.04 Å². The Kier molecular flexibility index (Phi) is 4.75. The average molecular weight is 363 g/mol. The van der Waals surface area contributed by atoms with E-state index in [1.807, 2.05) is 26.0 Å². The lowest BCUT2D eigenvalue weighted by Gasteiger charge is -2.25. The zero-order chi connectivity index (χ0) is 19.0. The molecular weight excluding hydrogens is 338 g/mol. The molecule has 0 spiro atoms. The molecule has 2 heterocycles. The molecule has 0 N–H and O–H groups in total. The van der Waals surface area contributed by atoms with Gasteiger partial charge in [0.05, 0.1) is 7.11 Å². The average Bonchev–Trinajstić information content (AvgIpc) is 3.13. The van der Waals surface area contributed by atoms with Crippen LogP contribution in [0.15, 0.2) is 51.7 Å². The Morgan fingerprint density at radius 1 is 1.19 bits per heavy atom. The summed E-state index contributed by atoms with van der Waals surface area (Å²) < 4.78 is 10.9. The second-order valence-corrected chi connectivity index (χ2v) is 7.38. The maximum Gasteiger partial charge on any atom is 0.336 e. The van der Waals surface area contributed by atoms with Crippen LogP contribution in [0.2, 0.25) is 0 Å². The van der Waals surface area contributed by atoms with Gasteiger partial charge in [0.1, 0.15) is 11.3 Å². The minimum absolute atomic E-state index is 0.275. The maximum atomic E-state index is 12.2. The predicted octanol–water partition coefficient (Wildman–Crippen LogP) is 4.76. The summed E-state index contributed by atoms with van der Waals surface area (Å²) >= 11 is 0. The highest BCUT2D eigenvalue weighted by Crippen LogP contribution is 2.35. The summed E-state index contributed by atoms with van der Waals surface area (Å²) in [5.74, 6) is 0.885. The van der Waals surface area contributed by atoms with Gasteiger partial charge in [-0.05, 0) is 67.6 Å². The standard InChI is InChI=1S/C23H25NO3/c1-15-9-10-20-18(13-22(25)27-23(20)16(15)2)14-24-11-5-8-21(24)17-6-4-7-19(12-17)26-3/h4,6-7,9-10,12-13,21H,5,8,11,14H2,1-3H3/t21-/m1/s1. The summed E-state index contributed by atoms with van der Waals surface area (Å²) in [6.07, 6.45) is 2.27. The molecule has 1 aliphatic heterocycles. The van der Waals surface area contributed by atoms with Crippen molar-refractivity contribution in [2.45, 2.75) is 39.3 Å². The van der Waals surface area contributed by atoms with Crippen LogP contribution in [0.4, 0.5) is 0 Å². The number of nitrogens with zero attached hydrogens (tertiary/aromatic N) is 1. The normalized spacial score (nSPS) is 17.5. The molecule has 4 heteroatoms. The lowest BCUT2D eigenvalue weighted by atomic mass is 10.0. The Morgan fingerprint density at radius 2 is 2.04 bits per heavy atom. The number of likely N-dealkylation sites (tertiary alicyclic amines) is 1. The fraction of sp³-hybridized carbons (Fsp3) is 0.348. The van der Waals surface area contributed by atoms with E-state index in [0.717, 1.165) is 59.3 Å². The van der Waals surface area contributed by atoms with Crippen molar-refractivity contribution in [3.8, 4) is 5.75 Å². The maximum absolute atomic E-state index is 12.2. The Balaban J connectivity index is 1.71. The SMILES string of the molecule is COc1cccc([C@H]2CCCN2Cc2cc(=O)oc3c(C)c(C)ccc23)c1. The molecule has 2 aromatic carbocycles. The number of hydrogen-bond donors (Lipinski definition) is 0. The summed E-state index contributed by atoms with van der Waals surface area (Å²) in [7, 11) is 1.70. The molecule has 1 aromatic heterocycles. The first-order chi connectivity index (χ1) is 13.1. The number of aryl methyl sites for hydroxylation is 2. The van der Waals surface area contributed by atoms with E-state index in [-0.39, 0.29) is 5.63 Å². The number of fused-ring (bicyclic) bond motifs is 1. The Bertz CT molecular complexity index is 1040. The lowest BCUT2D eigenvalue weighted by molar-refractivity contribution is 0.248. The van der Waals surface area contributed by atoms with Crippen molar-refractivity contribution in [1.82, 2.24) is 4.90 Å². The molecule has 4 rings (SSSR count). The van der Waals surface area contributed by atoms with Gasteiger partial charge >= 0.3 is 5.63 Å². The number of ether oxygens (including phenoxy) is 1. The van der Waals surface area contributed by atoms with Gasteiger partial charge in [0.2, 0.25) is 0 Å². The molecule has 4 nitrogen and oxygen atoms in total. The third-order valence-corrected chi connectivity index (χ3v) is 5.73. The first-order valence-corrected chi connectivity index (χ1v) is 9.48. The van der Waals surface area contributed by atoms with Crippen molar-refractivity contribution in [2.24, 2.45) is 0 Å². The van der Waals surface area contributed by atoms with Crippen molar-refractivity contribution in [3.63, 3.8) is 0 Å². The summed E-state index contributed by atoms with van der Waals surface area (Å²) in [6, 6.07) is 14.5. The van der Waals surface area contributed by atoms with E-state index >= 15 is 0 Å². The van der Waals surface area contributed by atoms with Crippen LogP contribution >= 0.6 is 0 Å². The quantitative estimate of drug-likeness (QED) is 0.627. The van der Waals surface area contributed by atoms with Crippen LogP contribution in [-0.4, -0.2) is 18.6 Å². The van der Waals surface area contributed by atoms with Gasteiger partial charge < -0.3 is 9.15 Å². The van der Waals surface area contributed by atoms with Crippen LogP contribution in [0, 0.1) is 13.8 Å². The van der Waals surface area contributed by atoms with E-state index < -0.39 is 0 Å². The van der Waals surface area contributed by atoms with E-state index in [1.165, 1.54) is 5.56 Å². The van der Waals surface area contributed by atoms with Crippen LogP contribution < -0.4 is 10.4 Å². The van der Waals surface area contributed by atoms with Crippen LogP contribution in [-0.2, 0) is 6.54 Å². The number of rotatable bonds is 4. The molecule has 27 heavy (non-hydrogen) atoms. The van der Waals surface area contributed by atoms with E-state index in [2.05, 4.69) is 29.2 Å². The van der Waals surface area contributed by atoms with Crippen LogP contribution in [0.25, 0.3) is 11.0 Å². The minimum atomic E-state index is -0.275. The number of benzene rings is 2. The van der Waals surface area contributed by atoms with Crippen LogP contribution in [0.3, 0.4) is 0 Å². The molecule has 1 atom stereocenters. The number of hydrogen-bond acceptors (Lipinski definition) is 4. The molecule has 0 saturated carbocycles. The van der Waals surface area contributed by atoms with Gasteiger partial charge in [-0.2, -0.15) is 0 Å². The molecule has 0 unspecified atom stereocenters. The molecule has 1 aliphatic rings. The molecule has 3 aromatic rings. The van der Waals surface area contributed by atoms with Gasteiger partial charge in [-0.3, -0.25) is 4.90 Å². The fourth-order valence-corrected chi connectivity index (χ4v) is 4.12. The topological polar surface area (TPSA) is 42.7 Å². The van der Waals surface area contributed by atoms with Gasteiger partial charge in [-0.15, -0.1) is 0 Å². The summed E-state index contributed by atoms with van der Waals surface area (Å²) in [5.41, 5.74) is 4.93. The molecular formula is C23H25NO3. The zero-order valence-electron chi connectivity index (χ0n) is 16.1. The third kappa shape index (κ3) is 3.37. The molecule has 0 amide bonds. The van der Waals surface area contributed by atoms with Crippen LogP contribution in [0.5, 0.6) is 5.75 Å². The van der Waals surface area contributed by atoms with Crippen molar-refractivity contribution in [1.29, 1.82) is 0 Å². The third-order valence-electron chi connectivity index (χ3n) is 5.73. The van der Waals surface area contributed by atoms with Gasteiger partial charge in [0.15, 0.2) is 0 Å². The van der Waals surface area contributed by atoms with E-state index in [1.54, 1.807) is 13.2 Å². The molecule has 0 radical (unpaired) electrons. The van der Waals surface area contributed by atoms with Crippen molar-refractivity contribution >= 4 is 11.0 Å². The smallest absolute Gasteiger partial charge is 0.336 e. The molecule has 140 valence electrons. The predicted molar refractivity (Wildman–Crippen MR) is 107 cm³/mol. The molecule has 0 bridgehead atoms. The second-order valence-electron chi connectivity index (χ2n) is 7.38. The highest BCUT2D eigenvalue weighted by Gasteiger charge is 2.27. The molecule has 1 fully saturated rings. The summed E-state index contributed by atoms with van der Waals surface area (Å²) in [4.78, 5) is 14.6. The Labute approximate surface area is 159 Å². The van der Waals surface area contributed by atoms with Crippen molar-refractivity contribution in [3.05, 3.63) is 75.1 Å². The zero-order valence-corrected chi connectivity index (χ0v) is 16.1. The first-order valence-electron chi connectivity index (χ1n) is 9.48. The molecule has 0 aliphatic carbocycles. The highest BCUT2D eigenvalue weighted by atomic mass is 16.5. The van der Waals surface area contributed by atoms with Gasteiger partial charge in [0.25, 0.3) is 0 Å².